The lowest BCUT2D eigenvalue weighted by molar-refractivity contribution is 0.304. The zero-order valence-electron chi connectivity index (χ0n) is 11.0. The summed E-state index contributed by atoms with van der Waals surface area (Å²) in [6.07, 6.45) is 1.33. The number of nitrogens with zero attached hydrogens (tertiary/aromatic N) is 1. The Bertz CT molecular complexity index is 123. The van der Waals surface area contributed by atoms with Crippen LogP contribution in [0.25, 0.3) is 0 Å². The largest absolute Gasteiger partial charge is 0.328 e. The average molecular weight is 231 g/mol. The van der Waals surface area contributed by atoms with Crippen molar-refractivity contribution in [2.45, 2.75) is 40.2 Å². The van der Waals surface area contributed by atoms with E-state index < -0.39 is 9.12 Å². The van der Waals surface area contributed by atoms with Gasteiger partial charge in [-0.15, -0.1) is 0 Å². The van der Waals surface area contributed by atoms with Gasteiger partial charge in [0, 0.05) is 0 Å². The molecule has 0 saturated heterocycles. The van der Waals surface area contributed by atoms with E-state index in [0.717, 1.165) is 13.1 Å². The van der Waals surface area contributed by atoms with E-state index >= 15 is 0 Å². The van der Waals surface area contributed by atoms with Gasteiger partial charge in [0.25, 0.3) is 0 Å². The lowest BCUT2D eigenvalue weighted by atomic mass is 10.4. The van der Waals surface area contributed by atoms with E-state index in [1.807, 2.05) is 0 Å². The molecule has 0 aliphatic heterocycles. The number of rotatable bonds is 10. The predicted molar refractivity (Wildman–Crippen MR) is 71.7 cm³/mol. The smallest absolute Gasteiger partial charge is 0.184 e. The van der Waals surface area contributed by atoms with E-state index in [1.165, 1.54) is 32.1 Å². The first-order valence-electron chi connectivity index (χ1n) is 6.47. The molecule has 0 fully saturated rings. The van der Waals surface area contributed by atoms with E-state index in [2.05, 4.69) is 42.6 Å². The molecule has 15 heavy (non-hydrogen) atoms. The topological polar surface area (TPSA) is 27.3 Å². The van der Waals surface area contributed by atoms with Crippen molar-refractivity contribution in [3.63, 3.8) is 0 Å². The second-order valence-corrected chi connectivity index (χ2v) is 6.34. The van der Waals surface area contributed by atoms with Crippen LogP contribution in [0.4, 0.5) is 0 Å². The zero-order chi connectivity index (χ0) is 11.5. The van der Waals surface area contributed by atoms with E-state index in [-0.39, 0.29) is 0 Å². The second kappa shape index (κ2) is 10.6. The van der Waals surface area contributed by atoms with Crippen LogP contribution in [-0.2, 0) is 0 Å². The Labute approximate surface area is 97.4 Å². The van der Waals surface area contributed by atoms with Gasteiger partial charge in [0.05, 0.1) is 0 Å². The van der Waals surface area contributed by atoms with E-state index in [0.29, 0.717) is 0 Å². The lowest BCUT2D eigenvalue weighted by Gasteiger charge is -2.20. The van der Waals surface area contributed by atoms with Crippen molar-refractivity contribution >= 4 is 9.12 Å². The van der Waals surface area contributed by atoms with Crippen molar-refractivity contribution in [2.75, 3.05) is 32.7 Å². The minimum atomic E-state index is -0.841. The molecule has 0 rings (SSSR count). The van der Waals surface area contributed by atoms with Gasteiger partial charge in [-0.25, -0.2) is 0 Å². The predicted octanol–water partition coefficient (Wildman–Crippen LogP) is 1.16. The third-order valence-corrected chi connectivity index (χ3v) is 5.55. The highest BCUT2D eigenvalue weighted by atomic mass is 28.3. The zero-order valence-corrected chi connectivity index (χ0v) is 12.1. The van der Waals surface area contributed by atoms with Gasteiger partial charge in [-0.05, 0) is 45.2 Å². The molecule has 0 unspecified atom stereocenters. The highest BCUT2D eigenvalue weighted by Gasteiger charge is 2.08. The van der Waals surface area contributed by atoms with Gasteiger partial charge in [-0.2, -0.15) is 0 Å². The Hall–Kier alpha value is 0.0969. The molecule has 0 atom stereocenters. The molecule has 0 heterocycles. The van der Waals surface area contributed by atoms with Gasteiger partial charge in [0.15, 0.2) is 9.12 Å². The normalized spacial score (nSPS) is 11.6. The molecule has 4 heteroatoms. The van der Waals surface area contributed by atoms with Crippen molar-refractivity contribution in [1.29, 1.82) is 0 Å². The van der Waals surface area contributed by atoms with Gasteiger partial charge in [0.2, 0.25) is 0 Å². The molecular formula is C11H29N3Si. The van der Waals surface area contributed by atoms with Gasteiger partial charge >= 0.3 is 0 Å². The Morgan fingerprint density at radius 1 is 0.933 bits per heavy atom. The molecule has 0 radical (unpaired) electrons. The third-order valence-electron chi connectivity index (χ3n) is 2.76. The highest BCUT2D eigenvalue weighted by molar-refractivity contribution is 6.53. The molecule has 0 bridgehead atoms. The molecule has 2 N–H and O–H groups in total. The van der Waals surface area contributed by atoms with Crippen molar-refractivity contribution in [3.05, 3.63) is 0 Å². The Balaban J connectivity index is 3.59. The molecule has 0 amide bonds. The summed E-state index contributed by atoms with van der Waals surface area (Å²) in [6.45, 7) is 14.7. The highest BCUT2D eigenvalue weighted by Crippen LogP contribution is 1.97. The molecule has 92 valence electrons. The van der Waals surface area contributed by atoms with Crippen LogP contribution in [0.5, 0.6) is 0 Å². The van der Waals surface area contributed by atoms with Gasteiger partial charge in [0.1, 0.15) is 0 Å². The Morgan fingerprint density at radius 2 is 1.47 bits per heavy atom. The SMILES string of the molecule is CCN[SiH](CCCN(CC)CC)NCC. The lowest BCUT2D eigenvalue weighted by Crippen LogP contribution is -2.47. The van der Waals surface area contributed by atoms with Crippen LogP contribution in [0.2, 0.25) is 6.04 Å². The van der Waals surface area contributed by atoms with Crippen LogP contribution in [0, 0.1) is 0 Å². The molecule has 0 aromatic heterocycles. The first kappa shape index (κ1) is 15.1. The molecule has 0 saturated carbocycles. The van der Waals surface area contributed by atoms with Crippen molar-refractivity contribution < 1.29 is 0 Å². The summed E-state index contributed by atoms with van der Waals surface area (Å²) in [7, 11) is -0.841. The number of nitrogens with one attached hydrogen (secondary N) is 2. The van der Waals surface area contributed by atoms with Crippen molar-refractivity contribution in [1.82, 2.24) is 14.9 Å². The van der Waals surface area contributed by atoms with Crippen LogP contribution >= 0.6 is 0 Å². The summed E-state index contributed by atoms with van der Waals surface area (Å²) in [6, 6.07) is 1.36. The van der Waals surface area contributed by atoms with Crippen LogP contribution in [-0.4, -0.2) is 46.7 Å². The summed E-state index contributed by atoms with van der Waals surface area (Å²) in [5.41, 5.74) is 0. The molecule has 0 aliphatic carbocycles. The maximum Gasteiger partial charge on any atom is 0.184 e. The fraction of sp³-hybridized carbons (Fsp3) is 1.00. The first-order chi connectivity index (χ1) is 7.28. The standard InChI is InChI=1S/C11H29N3Si/c1-5-12-15(13-6-2)11-9-10-14(7-3)8-4/h12-13,15H,5-11H2,1-4H3. The van der Waals surface area contributed by atoms with Crippen molar-refractivity contribution in [3.8, 4) is 0 Å². The third kappa shape index (κ3) is 7.96. The van der Waals surface area contributed by atoms with Crippen LogP contribution < -0.4 is 9.96 Å². The maximum absolute atomic E-state index is 3.60. The fourth-order valence-electron chi connectivity index (χ4n) is 1.83. The molecule has 3 nitrogen and oxygen atoms in total. The Morgan fingerprint density at radius 3 is 1.87 bits per heavy atom. The van der Waals surface area contributed by atoms with Crippen LogP contribution in [0.3, 0.4) is 0 Å². The summed E-state index contributed by atoms with van der Waals surface area (Å²) in [4.78, 5) is 9.71. The van der Waals surface area contributed by atoms with Gasteiger partial charge in [-0.1, -0.05) is 27.7 Å². The summed E-state index contributed by atoms with van der Waals surface area (Å²) >= 11 is 0. The monoisotopic (exact) mass is 231 g/mol. The molecule has 0 aromatic rings. The summed E-state index contributed by atoms with van der Waals surface area (Å²) in [5, 5.41) is 0. The van der Waals surface area contributed by atoms with Gasteiger partial charge in [-0.3, -0.25) is 0 Å². The van der Waals surface area contributed by atoms with E-state index in [4.69, 9.17) is 0 Å². The fourth-order valence-corrected chi connectivity index (χ4v) is 3.96. The quantitative estimate of drug-likeness (QED) is 0.553. The van der Waals surface area contributed by atoms with E-state index in [9.17, 15) is 0 Å². The molecule has 0 aliphatic rings. The van der Waals surface area contributed by atoms with Crippen molar-refractivity contribution in [2.24, 2.45) is 0 Å². The second-order valence-electron chi connectivity index (χ2n) is 3.84. The summed E-state index contributed by atoms with van der Waals surface area (Å²) < 4.78 is 0. The number of hydrogen-bond donors (Lipinski definition) is 2. The Kier molecular flexibility index (Phi) is 10.7. The summed E-state index contributed by atoms with van der Waals surface area (Å²) in [5.74, 6) is 0. The van der Waals surface area contributed by atoms with Crippen LogP contribution in [0.15, 0.2) is 0 Å². The van der Waals surface area contributed by atoms with Crippen LogP contribution in [0.1, 0.15) is 34.1 Å². The minimum absolute atomic E-state index is 0.841. The molecular weight excluding hydrogens is 202 g/mol. The van der Waals surface area contributed by atoms with E-state index in [1.54, 1.807) is 0 Å². The van der Waals surface area contributed by atoms with Gasteiger partial charge < -0.3 is 14.9 Å². The minimum Gasteiger partial charge on any atom is -0.328 e. The molecule has 0 spiro atoms. The number of hydrogen-bond acceptors (Lipinski definition) is 3. The first-order valence-corrected chi connectivity index (χ1v) is 8.44. The average Bonchev–Trinajstić information content (AvgIpc) is 2.25. The molecule has 0 aromatic carbocycles. The maximum atomic E-state index is 3.60.